The molecule has 0 aromatic heterocycles. The molecule has 2 aromatic carbocycles. The molecule has 2 aromatic rings. The van der Waals surface area contributed by atoms with E-state index < -0.39 is 0 Å². The molecule has 0 radical (unpaired) electrons. The molecule has 3 N–H and O–H groups in total. The number of hydrogen-bond acceptors (Lipinski definition) is 3. The highest BCUT2D eigenvalue weighted by atomic mass is 35.5. The highest BCUT2D eigenvalue weighted by Crippen LogP contribution is 2.20. The number of hydrogen-bond donors (Lipinski definition) is 2. The Kier molecular flexibility index (Phi) is 9.10. The summed E-state index contributed by atoms with van der Waals surface area (Å²) in [5.74, 6) is 0.729. The van der Waals surface area contributed by atoms with E-state index >= 15 is 0 Å². The van der Waals surface area contributed by atoms with Gasteiger partial charge in [-0.2, -0.15) is 0 Å². The van der Waals surface area contributed by atoms with Crippen LogP contribution in [-0.2, 0) is 6.54 Å². The third-order valence-corrected chi connectivity index (χ3v) is 5.00. The Morgan fingerprint density at radius 2 is 1.74 bits per heavy atom. The molecule has 1 heterocycles. The molecule has 1 fully saturated rings. The zero-order valence-electron chi connectivity index (χ0n) is 15.9. The second-order valence-electron chi connectivity index (χ2n) is 7.18. The maximum Gasteiger partial charge on any atom is 0.256 e. The fourth-order valence-corrected chi connectivity index (χ4v) is 3.25. The van der Waals surface area contributed by atoms with Crippen LogP contribution in [0.4, 0.5) is 11.4 Å². The van der Waals surface area contributed by atoms with Gasteiger partial charge in [0, 0.05) is 23.5 Å². The molecular formula is C21H29Cl2N3O. The van der Waals surface area contributed by atoms with E-state index in [4.69, 9.17) is 5.73 Å². The summed E-state index contributed by atoms with van der Waals surface area (Å²) in [7, 11) is 0. The van der Waals surface area contributed by atoms with Crippen molar-refractivity contribution in [3.63, 3.8) is 0 Å². The quantitative estimate of drug-likeness (QED) is 0.705. The number of carbonyl (C=O) groups is 1. The van der Waals surface area contributed by atoms with Gasteiger partial charge in [-0.05, 0) is 74.2 Å². The van der Waals surface area contributed by atoms with Gasteiger partial charge in [-0.25, -0.2) is 0 Å². The molecule has 0 bridgehead atoms. The number of nitrogen functional groups attached to an aromatic ring is 1. The Morgan fingerprint density at radius 3 is 2.37 bits per heavy atom. The summed E-state index contributed by atoms with van der Waals surface area (Å²) in [5, 5.41) is 2.95. The van der Waals surface area contributed by atoms with Crippen molar-refractivity contribution in [3.05, 3.63) is 59.2 Å². The Morgan fingerprint density at radius 1 is 1.11 bits per heavy atom. The maximum absolute atomic E-state index is 12.4. The number of anilines is 2. The van der Waals surface area contributed by atoms with Crippen LogP contribution in [0.1, 0.15) is 41.3 Å². The Labute approximate surface area is 174 Å². The molecule has 27 heavy (non-hydrogen) atoms. The van der Waals surface area contributed by atoms with Crippen molar-refractivity contribution in [3.8, 4) is 0 Å². The molecule has 0 aliphatic carbocycles. The minimum absolute atomic E-state index is 0. The van der Waals surface area contributed by atoms with Crippen molar-refractivity contribution in [1.29, 1.82) is 0 Å². The average Bonchev–Trinajstić information content (AvgIpc) is 2.60. The second-order valence-corrected chi connectivity index (χ2v) is 7.18. The lowest BCUT2D eigenvalue weighted by molar-refractivity contribution is 0.102. The summed E-state index contributed by atoms with van der Waals surface area (Å²) in [5.41, 5.74) is 10.0. The lowest BCUT2D eigenvalue weighted by Crippen LogP contribution is -2.32. The van der Waals surface area contributed by atoms with Crippen molar-refractivity contribution < 1.29 is 4.79 Å². The van der Waals surface area contributed by atoms with E-state index in [0.717, 1.165) is 23.7 Å². The highest BCUT2D eigenvalue weighted by molar-refractivity contribution is 6.05. The molecule has 1 amide bonds. The van der Waals surface area contributed by atoms with Crippen LogP contribution in [0, 0.1) is 12.8 Å². The topological polar surface area (TPSA) is 58.4 Å². The van der Waals surface area contributed by atoms with E-state index in [0.29, 0.717) is 11.3 Å². The van der Waals surface area contributed by atoms with E-state index in [9.17, 15) is 4.79 Å². The number of nitrogens with two attached hydrogens (primary N) is 1. The predicted molar refractivity (Wildman–Crippen MR) is 118 cm³/mol. The molecule has 0 atom stereocenters. The summed E-state index contributed by atoms with van der Waals surface area (Å²) in [4.78, 5) is 14.9. The van der Waals surface area contributed by atoms with Crippen LogP contribution in [0.5, 0.6) is 0 Å². The van der Waals surface area contributed by atoms with Gasteiger partial charge in [0.1, 0.15) is 0 Å². The van der Waals surface area contributed by atoms with Crippen molar-refractivity contribution >= 4 is 42.1 Å². The van der Waals surface area contributed by atoms with E-state index in [2.05, 4.69) is 29.3 Å². The van der Waals surface area contributed by atoms with E-state index in [1.165, 1.54) is 31.5 Å². The highest BCUT2D eigenvalue weighted by Gasteiger charge is 2.15. The van der Waals surface area contributed by atoms with Gasteiger partial charge in [0.05, 0.1) is 0 Å². The monoisotopic (exact) mass is 409 g/mol. The lowest BCUT2D eigenvalue weighted by Gasteiger charge is -2.30. The molecular weight excluding hydrogens is 381 g/mol. The number of aryl methyl sites for hydroxylation is 1. The molecule has 0 spiro atoms. The minimum atomic E-state index is -0.123. The Hall–Kier alpha value is -1.75. The number of nitrogens with one attached hydrogen (secondary N) is 1. The Bertz CT molecular complexity index is 742. The number of amides is 1. The molecule has 3 rings (SSSR count). The minimum Gasteiger partial charge on any atom is -0.399 e. The first-order valence-corrected chi connectivity index (χ1v) is 9.00. The van der Waals surface area contributed by atoms with Gasteiger partial charge in [0.15, 0.2) is 0 Å². The van der Waals surface area contributed by atoms with Gasteiger partial charge in [-0.3, -0.25) is 9.69 Å². The third kappa shape index (κ3) is 6.42. The van der Waals surface area contributed by atoms with Gasteiger partial charge in [0.25, 0.3) is 5.91 Å². The van der Waals surface area contributed by atoms with E-state index in [1.54, 1.807) is 6.07 Å². The zero-order chi connectivity index (χ0) is 17.8. The van der Waals surface area contributed by atoms with Crippen LogP contribution in [-0.4, -0.2) is 23.9 Å². The smallest absolute Gasteiger partial charge is 0.256 e. The molecule has 0 saturated carbocycles. The molecule has 1 aliphatic rings. The first-order chi connectivity index (χ1) is 12.0. The van der Waals surface area contributed by atoms with Crippen molar-refractivity contribution in [2.45, 2.75) is 33.2 Å². The van der Waals surface area contributed by atoms with Crippen molar-refractivity contribution in [2.75, 3.05) is 24.1 Å². The van der Waals surface area contributed by atoms with Gasteiger partial charge in [0.2, 0.25) is 0 Å². The SMILES string of the molecule is Cc1ccc(N)cc1C(=O)Nc1ccc(CN2CCC(C)CC2)cc1.Cl.Cl. The van der Waals surface area contributed by atoms with Crippen molar-refractivity contribution in [1.82, 2.24) is 4.90 Å². The molecule has 148 valence electrons. The molecule has 6 heteroatoms. The molecule has 1 saturated heterocycles. The lowest BCUT2D eigenvalue weighted by atomic mass is 9.99. The number of likely N-dealkylation sites (tertiary alicyclic amines) is 1. The number of rotatable bonds is 4. The first kappa shape index (κ1) is 23.3. The number of benzene rings is 2. The zero-order valence-corrected chi connectivity index (χ0v) is 17.5. The number of nitrogens with zero attached hydrogens (tertiary/aromatic N) is 1. The number of piperidine rings is 1. The third-order valence-electron chi connectivity index (χ3n) is 5.00. The number of halogens is 2. The van der Waals surface area contributed by atoms with Crippen LogP contribution in [0.2, 0.25) is 0 Å². The molecule has 1 aliphatic heterocycles. The molecule has 4 nitrogen and oxygen atoms in total. The second kappa shape index (κ2) is 10.5. The Balaban J connectivity index is 0.00000182. The molecule has 0 unspecified atom stereocenters. The van der Waals surface area contributed by atoms with Crippen LogP contribution in [0.25, 0.3) is 0 Å². The average molecular weight is 410 g/mol. The summed E-state index contributed by atoms with van der Waals surface area (Å²) < 4.78 is 0. The maximum atomic E-state index is 12.4. The van der Waals surface area contributed by atoms with Gasteiger partial charge in [-0.1, -0.05) is 25.1 Å². The predicted octanol–water partition coefficient (Wildman–Crippen LogP) is 4.91. The largest absolute Gasteiger partial charge is 0.399 e. The first-order valence-electron chi connectivity index (χ1n) is 9.00. The summed E-state index contributed by atoms with van der Waals surface area (Å²) in [6.45, 7) is 7.58. The normalized spacial score (nSPS) is 14.7. The summed E-state index contributed by atoms with van der Waals surface area (Å²) in [6, 6.07) is 13.5. The summed E-state index contributed by atoms with van der Waals surface area (Å²) >= 11 is 0. The fraction of sp³-hybridized carbons (Fsp3) is 0.381. The number of carbonyl (C=O) groups excluding carboxylic acids is 1. The van der Waals surface area contributed by atoms with Crippen molar-refractivity contribution in [2.24, 2.45) is 5.92 Å². The van der Waals surface area contributed by atoms with Crippen LogP contribution >= 0.6 is 24.8 Å². The van der Waals surface area contributed by atoms with E-state index in [-0.39, 0.29) is 30.7 Å². The van der Waals surface area contributed by atoms with E-state index in [1.807, 2.05) is 31.2 Å². The fourth-order valence-electron chi connectivity index (χ4n) is 3.25. The summed E-state index contributed by atoms with van der Waals surface area (Å²) in [6.07, 6.45) is 2.57. The van der Waals surface area contributed by atoms with Crippen LogP contribution < -0.4 is 11.1 Å². The van der Waals surface area contributed by atoms with Gasteiger partial charge in [-0.15, -0.1) is 24.8 Å². The van der Waals surface area contributed by atoms with Crippen LogP contribution in [0.3, 0.4) is 0 Å². The van der Waals surface area contributed by atoms with Crippen LogP contribution in [0.15, 0.2) is 42.5 Å². The van der Waals surface area contributed by atoms with Gasteiger partial charge < -0.3 is 11.1 Å². The standard InChI is InChI=1S/C21H27N3O.2ClH/c1-15-9-11-24(12-10-15)14-17-4-7-19(8-5-17)23-21(25)20-13-18(22)6-3-16(20)2;;/h3-8,13,15H,9-12,14,22H2,1-2H3,(H,23,25);2*1H. The van der Waals surface area contributed by atoms with Gasteiger partial charge >= 0.3 is 0 Å².